The highest BCUT2D eigenvalue weighted by atomic mass is 32.2. The number of ketones is 1. The van der Waals surface area contributed by atoms with E-state index in [2.05, 4.69) is 44.2 Å². The maximum absolute atomic E-state index is 12.4. The molecule has 1 heterocycles. The van der Waals surface area contributed by atoms with E-state index in [0.717, 1.165) is 32.1 Å². The summed E-state index contributed by atoms with van der Waals surface area (Å²) in [6.45, 7) is 4.90. The van der Waals surface area contributed by atoms with E-state index >= 15 is 0 Å². The fourth-order valence-corrected chi connectivity index (χ4v) is 10.1. The van der Waals surface area contributed by atoms with Gasteiger partial charge < -0.3 is 4.74 Å². The smallest absolute Gasteiger partial charge is 0.306 e. The summed E-state index contributed by atoms with van der Waals surface area (Å²) in [5, 5.41) is 0.476. The molecule has 3 saturated carbocycles. The molecule has 7 atom stereocenters. The Kier molecular flexibility index (Phi) is 4.74. The predicted molar refractivity (Wildman–Crippen MR) is 126 cm³/mol. The second-order valence-corrected chi connectivity index (χ2v) is 12.8. The summed E-state index contributed by atoms with van der Waals surface area (Å²) in [6, 6.07) is 10.8. The molecule has 32 heavy (non-hydrogen) atoms. The van der Waals surface area contributed by atoms with E-state index in [4.69, 9.17) is 4.74 Å². The summed E-state index contributed by atoms with van der Waals surface area (Å²) in [5.74, 6) is 2.13. The number of ether oxygens (including phenoxy) is 1. The van der Waals surface area contributed by atoms with Crippen LogP contribution in [-0.2, 0) is 14.3 Å². The first-order valence-electron chi connectivity index (χ1n) is 12.5. The Morgan fingerprint density at radius 2 is 1.72 bits per heavy atom. The molecule has 0 bridgehead atoms. The van der Waals surface area contributed by atoms with Crippen molar-refractivity contribution >= 4 is 23.5 Å². The molecule has 6 rings (SSSR count). The fourth-order valence-electron chi connectivity index (χ4n) is 8.59. The molecule has 0 N–H and O–H groups in total. The summed E-state index contributed by atoms with van der Waals surface area (Å²) in [6.07, 6.45) is 10.8. The van der Waals surface area contributed by atoms with Crippen LogP contribution in [0.1, 0.15) is 71.6 Å². The molecule has 4 aliphatic carbocycles. The van der Waals surface area contributed by atoms with Crippen LogP contribution in [0.5, 0.6) is 0 Å². The normalized spacial score (nSPS) is 45.1. The van der Waals surface area contributed by atoms with Gasteiger partial charge in [0, 0.05) is 28.4 Å². The first kappa shape index (κ1) is 21.0. The van der Waals surface area contributed by atoms with E-state index in [1.165, 1.54) is 23.3 Å². The van der Waals surface area contributed by atoms with Crippen LogP contribution in [0.4, 0.5) is 0 Å². The van der Waals surface area contributed by atoms with E-state index in [1.54, 1.807) is 0 Å². The Labute approximate surface area is 195 Å². The van der Waals surface area contributed by atoms with Gasteiger partial charge >= 0.3 is 5.97 Å². The topological polar surface area (TPSA) is 43.4 Å². The van der Waals surface area contributed by atoms with Crippen LogP contribution in [0.25, 0.3) is 0 Å². The van der Waals surface area contributed by atoms with Crippen molar-refractivity contribution in [2.75, 3.05) is 0 Å². The zero-order valence-corrected chi connectivity index (χ0v) is 20.1. The summed E-state index contributed by atoms with van der Waals surface area (Å²) in [7, 11) is 0. The average Bonchev–Trinajstić information content (AvgIpc) is 3.30. The number of rotatable bonds is 2. The zero-order valence-electron chi connectivity index (χ0n) is 19.3. The fraction of sp³-hybridized carbons (Fsp3) is 0.643. The number of carbonyl (C=O) groups is 2. The molecule has 1 aromatic carbocycles. The molecule has 5 aliphatic rings. The van der Waals surface area contributed by atoms with E-state index in [0.29, 0.717) is 41.6 Å². The van der Waals surface area contributed by atoms with Crippen LogP contribution >= 0.6 is 11.8 Å². The minimum Gasteiger partial charge on any atom is -0.458 e. The van der Waals surface area contributed by atoms with Crippen molar-refractivity contribution < 1.29 is 14.3 Å². The molecule has 1 spiro atoms. The first-order chi connectivity index (χ1) is 15.3. The predicted octanol–water partition coefficient (Wildman–Crippen LogP) is 6.36. The maximum Gasteiger partial charge on any atom is 0.306 e. The van der Waals surface area contributed by atoms with Gasteiger partial charge in [-0.25, -0.2) is 0 Å². The van der Waals surface area contributed by atoms with Crippen LogP contribution in [-0.4, -0.2) is 22.6 Å². The highest BCUT2D eigenvalue weighted by Gasteiger charge is 2.68. The monoisotopic (exact) mass is 450 g/mol. The summed E-state index contributed by atoms with van der Waals surface area (Å²) >= 11 is 2.03. The second kappa shape index (κ2) is 7.22. The van der Waals surface area contributed by atoms with Crippen molar-refractivity contribution in [1.29, 1.82) is 0 Å². The van der Waals surface area contributed by atoms with E-state index in [-0.39, 0.29) is 22.4 Å². The van der Waals surface area contributed by atoms with E-state index in [9.17, 15) is 9.59 Å². The van der Waals surface area contributed by atoms with Gasteiger partial charge in [-0.3, -0.25) is 9.59 Å². The highest BCUT2D eigenvalue weighted by molar-refractivity contribution is 8.00. The highest BCUT2D eigenvalue weighted by Crippen LogP contribution is 2.71. The molecule has 0 aromatic heterocycles. The molecule has 4 heteroatoms. The molecule has 1 saturated heterocycles. The van der Waals surface area contributed by atoms with Crippen LogP contribution in [0.3, 0.4) is 0 Å². The van der Waals surface area contributed by atoms with Gasteiger partial charge in [-0.1, -0.05) is 37.6 Å². The minimum absolute atomic E-state index is 0.0100. The molecular formula is C28H34O3S. The van der Waals surface area contributed by atoms with Crippen LogP contribution < -0.4 is 0 Å². The van der Waals surface area contributed by atoms with Gasteiger partial charge in [0.15, 0.2) is 5.78 Å². The van der Waals surface area contributed by atoms with Crippen molar-refractivity contribution in [3.05, 3.63) is 42.0 Å². The Bertz CT molecular complexity index is 986. The lowest BCUT2D eigenvalue weighted by atomic mass is 9.46. The molecule has 0 radical (unpaired) electrons. The Balaban J connectivity index is 1.41. The van der Waals surface area contributed by atoms with Crippen LogP contribution in [0.2, 0.25) is 0 Å². The van der Waals surface area contributed by atoms with Gasteiger partial charge in [-0.15, -0.1) is 11.8 Å². The number of allylic oxidation sites excluding steroid dienone is 1. The number of thioether (sulfide) groups is 1. The lowest BCUT2D eigenvalue weighted by Gasteiger charge is -2.61. The van der Waals surface area contributed by atoms with Crippen molar-refractivity contribution in [2.45, 2.75) is 87.4 Å². The quantitative estimate of drug-likeness (QED) is 0.491. The molecule has 3 nitrogen and oxygen atoms in total. The van der Waals surface area contributed by atoms with Gasteiger partial charge in [0.05, 0.1) is 0 Å². The lowest BCUT2D eigenvalue weighted by Crippen LogP contribution is -2.57. The molecular weight excluding hydrogens is 416 g/mol. The number of fused-ring (bicyclic) bond motifs is 6. The molecule has 4 fully saturated rings. The zero-order chi connectivity index (χ0) is 22.1. The molecule has 3 unspecified atom stereocenters. The number of esters is 1. The van der Waals surface area contributed by atoms with Crippen LogP contribution in [0, 0.1) is 28.6 Å². The van der Waals surface area contributed by atoms with Gasteiger partial charge in [-0.05, 0) is 86.3 Å². The van der Waals surface area contributed by atoms with E-state index in [1.807, 2.05) is 17.8 Å². The minimum atomic E-state index is -0.235. The summed E-state index contributed by atoms with van der Waals surface area (Å²) in [5.41, 5.74) is 1.40. The summed E-state index contributed by atoms with van der Waals surface area (Å²) < 4.78 is 6.16. The van der Waals surface area contributed by atoms with Crippen molar-refractivity contribution in [2.24, 2.45) is 28.6 Å². The maximum atomic E-state index is 12.4. The second-order valence-electron chi connectivity index (χ2n) is 11.5. The lowest BCUT2D eigenvalue weighted by molar-refractivity contribution is -0.167. The Hall–Kier alpha value is -1.55. The number of benzene rings is 1. The Morgan fingerprint density at radius 1 is 0.938 bits per heavy atom. The third kappa shape index (κ3) is 2.87. The third-order valence-electron chi connectivity index (χ3n) is 10.3. The van der Waals surface area contributed by atoms with Gasteiger partial charge in [0.1, 0.15) is 5.60 Å². The van der Waals surface area contributed by atoms with E-state index < -0.39 is 0 Å². The van der Waals surface area contributed by atoms with Crippen molar-refractivity contribution in [1.82, 2.24) is 0 Å². The van der Waals surface area contributed by atoms with Crippen molar-refractivity contribution in [3.8, 4) is 0 Å². The SMILES string of the molecule is C[C@]12CCC(=O)C=C1C[C@@H](Sc1ccccc1)C1C2CC[C@@]2(C)C1CC[C@@]21CCC(=O)O1. The van der Waals surface area contributed by atoms with Gasteiger partial charge in [0.25, 0.3) is 0 Å². The number of carbonyl (C=O) groups excluding carboxylic acids is 2. The standard InChI is InChI=1S/C28H34O3S/c1-26-12-8-19(29)16-18(26)17-23(32-20-6-4-3-5-7-20)25-21(26)9-13-27(2)22(25)10-14-28(27)15-11-24(30)31-28/h3-7,16,21-23,25H,8-15,17H2,1-2H3/t21?,22?,23-,25?,26+,27+,28-/m1/s1. The molecule has 0 amide bonds. The van der Waals surface area contributed by atoms with Crippen molar-refractivity contribution in [3.63, 3.8) is 0 Å². The van der Waals surface area contributed by atoms with Gasteiger partial charge in [0.2, 0.25) is 0 Å². The van der Waals surface area contributed by atoms with Gasteiger partial charge in [-0.2, -0.15) is 0 Å². The third-order valence-corrected chi connectivity index (χ3v) is 11.7. The number of hydrogen-bond donors (Lipinski definition) is 0. The van der Waals surface area contributed by atoms with Crippen LogP contribution in [0.15, 0.2) is 46.9 Å². The average molecular weight is 451 g/mol. The summed E-state index contributed by atoms with van der Waals surface area (Å²) in [4.78, 5) is 25.9. The molecule has 1 aliphatic heterocycles. The Morgan fingerprint density at radius 3 is 2.47 bits per heavy atom. The molecule has 170 valence electrons. The largest absolute Gasteiger partial charge is 0.458 e. The number of hydrogen-bond acceptors (Lipinski definition) is 4. The first-order valence-corrected chi connectivity index (χ1v) is 13.4. The molecule has 1 aromatic rings.